The molecular formula is C32H31BrClN3O5S. The van der Waals surface area contributed by atoms with Crippen molar-refractivity contribution in [2.24, 2.45) is 5.10 Å². The molecule has 0 atom stereocenters. The third kappa shape index (κ3) is 8.59. The van der Waals surface area contributed by atoms with Crippen LogP contribution in [-0.2, 0) is 23.2 Å². The Morgan fingerprint density at radius 3 is 2.28 bits per heavy atom. The van der Waals surface area contributed by atoms with Gasteiger partial charge in [-0.3, -0.25) is 9.10 Å². The van der Waals surface area contributed by atoms with Gasteiger partial charge in [0.05, 0.1) is 36.3 Å². The lowest BCUT2D eigenvalue weighted by molar-refractivity contribution is 0.0955. The van der Waals surface area contributed by atoms with Crippen LogP contribution in [0.4, 0.5) is 5.69 Å². The molecule has 1 N–H and O–H groups in total. The van der Waals surface area contributed by atoms with Crippen LogP contribution < -0.4 is 19.2 Å². The lowest BCUT2D eigenvalue weighted by Crippen LogP contribution is -2.29. The van der Waals surface area contributed by atoms with Gasteiger partial charge < -0.3 is 9.47 Å². The van der Waals surface area contributed by atoms with Gasteiger partial charge in [0.15, 0.2) is 11.5 Å². The Balaban J connectivity index is 1.39. The van der Waals surface area contributed by atoms with E-state index in [9.17, 15) is 13.2 Å². The van der Waals surface area contributed by atoms with Gasteiger partial charge in [-0.1, -0.05) is 41.9 Å². The quantitative estimate of drug-likeness (QED) is 0.135. The predicted molar refractivity (Wildman–Crippen MR) is 175 cm³/mol. The molecule has 0 saturated carbocycles. The highest BCUT2D eigenvalue weighted by atomic mass is 79.9. The average molecular weight is 685 g/mol. The lowest BCUT2D eigenvalue weighted by Gasteiger charge is -2.23. The van der Waals surface area contributed by atoms with Gasteiger partial charge in [0.2, 0.25) is 10.0 Å². The normalized spacial score (nSPS) is 11.4. The molecular weight excluding hydrogens is 654 g/mol. The summed E-state index contributed by atoms with van der Waals surface area (Å²) in [6, 6.07) is 23.2. The van der Waals surface area contributed by atoms with E-state index in [1.54, 1.807) is 61.7 Å². The van der Waals surface area contributed by atoms with Crippen LogP contribution in [0.5, 0.6) is 11.5 Å². The summed E-state index contributed by atoms with van der Waals surface area (Å²) in [5.74, 6) is 0.618. The molecule has 43 heavy (non-hydrogen) atoms. The number of methoxy groups -OCH3 is 1. The Hall–Kier alpha value is -3.86. The van der Waals surface area contributed by atoms with Crippen molar-refractivity contribution < 1.29 is 22.7 Å². The summed E-state index contributed by atoms with van der Waals surface area (Å²) in [5.41, 5.74) is 7.93. The van der Waals surface area contributed by atoms with Crippen LogP contribution in [0.25, 0.3) is 0 Å². The SMILES string of the molecule is COc1cc(/C=N\NC(=O)c2ccc(CN(c3ccc(C)c(C)c3)S(C)(=O)=O)cc2)cc(Br)c1OCc1ccc(Cl)cc1. The number of sulfonamides is 1. The fourth-order valence-electron chi connectivity index (χ4n) is 4.13. The number of benzene rings is 4. The molecule has 0 aliphatic carbocycles. The van der Waals surface area contributed by atoms with Gasteiger partial charge in [0, 0.05) is 10.6 Å². The second-order valence-electron chi connectivity index (χ2n) is 9.88. The van der Waals surface area contributed by atoms with Crippen molar-refractivity contribution >= 4 is 55.4 Å². The van der Waals surface area contributed by atoms with Gasteiger partial charge >= 0.3 is 0 Å². The molecule has 0 unspecified atom stereocenters. The van der Waals surface area contributed by atoms with Crippen molar-refractivity contribution in [2.45, 2.75) is 27.0 Å². The highest BCUT2D eigenvalue weighted by molar-refractivity contribution is 9.10. The third-order valence-electron chi connectivity index (χ3n) is 6.65. The maximum Gasteiger partial charge on any atom is 0.271 e. The van der Waals surface area contributed by atoms with Gasteiger partial charge in [0.25, 0.3) is 5.91 Å². The maximum absolute atomic E-state index is 12.7. The molecule has 11 heteroatoms. The summed E-state index contributed by atoms with van der Waals surface area (Å²) >= 11 is 9.47. The monoisotopic (exact) mass is 683 g/mol. The first-order valence-electron chi connectivity index (χ1n) is 13.2. The number of amides is 1. The molecule has 0 radical (unpaired) electrons. The number of carbonyl (C=O) groups is 1. The lowest BCUT2D eigenvalue weighted by atomic mass is 10.1. The highest BCUT2D eigenvalue weighted by Gasteiger charge is 2.19. The van der Waals surface area contributed by atoms with Gasteiger partial charge in [0.1, 0.15) is 6.61 Å². The number of hydrazone groups is 1. The zero-order chi connectivity index (χ0) is 31.1. The van der Waals surface area contributed by atoms with Crippen molar-refractivity contribution in [2.75, 3.05) is 17.7 Å². The Bertz CT molecular complexity index is 1740. The first-order valence-corrected chi connectivity index (χ1v) is 16.2. The third-order valence-corrected chi connectivity index (χ3v) is 8.63. The minimum Gasteiger partial charge on any atom is -0.493 e. The Morgan fingerprint density at radius 2 is 1.65 bits per heavy atom. The van der Waals surface area contributed by atoms with E-state index in [0.717, 1.165) is 22.3 Å². The molecule has 4 aromatic rings. The number of hydrogen-bond donors (Lipinski definition) is 1. The average Bonchev–Trinajstić information content (AvgIpc) is 2.97. The van der Waals surface area contributed by atoms with Gasteiger partial charge in [-0.05, 0) is 106 Å². The second-order valence-corrected chi connectivity index (χ2v) is 13.1. The van der Waals surface area contributed by atoms with Crippen LogP contribution in [0.15, 0.2) is 88.4 Å². The molecule has 0 spiro atoms. The maximum atomic E-state index is 12.7. The fraction of sp³-hybridized carbons (Fsp3) is 0.188. The van der Waals surface area contributed by atoms with Gasteiger partial charge in [-0.25, -0.2) is 13.8 Å². The Morgan fingerprint density at radius 1 is 0.977 bits per heavy atom. The molecule has 0 saturated heterocycles. The van der Waals surface area contributed by atoms with Gasteiger partial charge in [-0.2, -0.15) is 5.10 Å². The largest absolute Gasteiger partial charge is 0.493 e. The number of ether oxygens (including phenoxy) is 2. The number of nitrogens with zero attached hydrogens (tertiary/aromatic N) is 2. The van der Waals surface area contributed by atoms with Gasteiger partial charge in [-0.15, -0.1) is 0 Å². The molecule has 0 bridgehead atoms. The molecule has 0 fully saturated rings. The van der Waals surface area contributed by atoms with Crippen molar-refractivity contribution in [3.8, 4) is 11.5 Å². The van der Waals surface area contributed by atoms with E-state index in [0.29, 0.717) is 44.4 Å². The molecule has 224 valence electrons. The first kappa shape index (κ1) is 32.1. The van der Waals surface area contributed by atoms with E-state index >= 15 is 0 Å². The fourth-order valence-corrected chi connectivity index (χ4v) is 5.71. The van der Waals surface area contributed by atoms with E-state index in [-0.39, 0.29) is 6.54 Å². The molecule has 4 aromatic carbocycles. The van der Waals surface area contributed by atoms with Crippen LogP contribution in [0, 0.1) is 13.8 Å². The number of anilines is 1. The molecule has 0 aliphatic heterocycles. The number of carbonyl (C=O) groups excluding carboxylic acids is 1. The van der Waals surface area contributed by atoms with Crippen LogP contribution in [-0.4, -0.2) is 33.9 Å². The van der Waals surface area contributed by atoms with Crippen LogP contribution in [0.1, 0.15) is 38.2 Å². The number of rotatable bonds is 11. The van der Waals surface area contributed by atoms with Crippen molar-refractivity contribution in [1.82, 2.24) is 5.43 Å². The number of nitrogens with one attached hydrogen (secondary N) is 1. The summed E-state index contributed by atoms with van der Waals surface area (Å²) in [6.45, 7) is 4.38. The molecule has 0 heterocycles. The van der Waals surface area contributed by atoms with E-state index in [1.165, 1.54) is 16.8 Å². The number of hydrogen-bond acceptors (Lipinski definition) is 6. The topological polar surface area (TPSA) is 97.3 Å². The molecule has 0 aromatic heterocycles. The van der Waals surface area contributed by atoms with Crippen molar-refractivity contribution in [1.29, 1.82) is 0 Å². The number of halogens is 2. The molecule has 1 amide bonds. The van der Waals surface area contributed by atoms with Crippen LogP contribution in [0.3, 0.4) is 0 Å². The Kier molecular flexibility index (Phi) is 10.5. The smallest absolute Gasteiger partial charge is 0.271 e. The first-order chi connectivity index (χ1) is 20.4. The predicted octanol–water partition coefficient (Wildman–Crippen LogP) is 7.04. The van der Waals surface area contributed by atoms with Crippen molar-refractivity contribution in [3.63, 3.8) is 0 Å². The summed E-state index contributed by atoms with van der Waals surface area (Å²) in [5, 5.41) is 4.74. The summed E-state index contributed by atoms with van der Waals surface area (Å²) in [6.07, 6.45) is 2.67. The minimum atomic E-state index is -3.53. The van der Waals surface area contributed by atoms with E-state index in [2.05, 4.69) is 26.5 Å². The van der Waals surface area contributed by atoms with E-state index in [4.69, 9.17) is 21.1 Å². The molecule has 4 rings (SSSR count). The van der Waals surface area contributed by atoms with Crippen LogP contribution in [0.2, 0.25) is 5.02 Å². The van der Waals surface area contributed by atoms with Crippen LogP contribution >= 0.6 is 27.5 Å². The standard InChI is InChI=1S/C32H31BrClN3O5S/c1-21-5-14-28(15-22(21)2)37(43(4,39)40)19-23-6-10-26(11-7-23)32(38)36-35-18-25-16-29(33)31(30(17-25)41-3)42-20-24-8-12-27(34)13-9-24/h5-18H,19-20H2,1-4H3,(H,36,38)/b35-18-. The summed E-state index contributed by atoms with van der Waals surface area (Å²) in [7, 11) is -1.99. The zero-order valence-corrected chi connectivity index (χ0v) is 27.3. The minimum absolute atomic E-state index is 0.136. The zero-order valence-electron chi connectivity index (χ0n) is 24.1. The molecule has 0 aliphatic rings. The number of aryl methyl sites for hydroxylation is 2. The second kappa shape index (κ2) is 14.1. The molecule has 8 nitrogen and oxygen atoms in total. The summed E-state index contributed by atoms with van der Waals surface area (Å²) in [4.78, 5) is 12.7. The Labute approximate surface area is 265 Å². The summed E-state index contributed by atoms with van der Waals surface area (Å²) < 4.78 is 38.6. The highest BCUT2D eigenvalue weighted by Crippen LogP contribution is 2.37. The van der Waals surface area contributed by atoms with Crippen molar-refractivity contribution in [3.05, 3.63) is 122 Å². The van der Waals surface area contributed by atoms with E-state index < -0.39 is 15.9 Å². The van der Waals surface area contributed by atoms with E-state index in [1.807, 2.05) is 38.1 Å².